The molecular weight excluding hydrogens is 366 g/mol. The SMILES string of the molecule is C=C/C(=C\C=C(/CC)C1=N/C(=C\c2ccc(OC(C)=O)cc2)C(=O)O1)C(C)(C)C. The van der Waals surface area contributed by atoms with E-state index in [4.69, 9.17) is 9.47 Å². The summed E-state index contributed by atoms with van der Waals surface area (Å²) in [6.45, 7) is 13.5. The minimum absolute atomic E-state index is 0.0331. The lowest BCUT2D eigenvalue weighted by atomic mass is 9.86. The smallest absolute Gasteiger partial charge is 0.363 e. The van der Waals surface area contributed by atoms with Crippen LogP contribution in [0, 0.1) is 5.41 Å². The zero-order chi connectivity index (χ0) is 21.6. The highest BCUT2D eigenvalue weighted by Gasteiger charge is 2.25. The Bertz CT molecular complexity index is 923. The molecular formula is C24H27NO4. The Kier molecular flexibility index (Phi) is 7.10. The van der Waals surface area contributed by atoms with Gasteiger partial charge in [0.1, 0.15) is 5.75 Å². The van der Waals surface area contributed by atoms with Crippen LogP contribution in [0.25, 0.3) is 6.08 Å². The summed E-state index contributed by atoms with van der Waals surface area (Å²) >= 11 is 0. The van der Waals surface area contributed by atoms with Crippen molar-refractivity contribution in [1.82, 2.24) is 0 Å². The zero-order valence-corrected chi connectivity index (χ0v) is 17.6. The minimum atomic E-state index is -0.493. The Labute approximate surface area is 172 Å². The number of carbonyl (C=O) groups is 2. The molecule has 0 saturated carbocycles. The van der Waals surface area contributed by atoms with Crippen molar-refractivity contribution >= 4 is 23.9 Å². The fourth-order valence-corrected chi connectivity index (χ4v) is 2.66. The second kappa shape index (κ2) is 9.32. The molecule has 5 heteroatoms. The number of nitrogens with zero attached hydrogens (tertiary/aromatic N) is 1. The highest BCUT2D eigenvalue weighted by molar-refractivity contribution is 6.12. The average Bonchev–Trinajstić information content (AvgIpc) is 2.99. The number of cyclic esters (lactones) is 1. The van der Waals surface area contributed by atoms with Gasteiger partial charge in [-0.25, -0.2) is 9.79 Å². The third-order valence-corrected chi connectivity index (χ3v) is 4.27. The maximum absolute atomic E-state index is 12.2. The first kappa shape index (κ1) is 22.1. The lowest BCUT2D eigenvalue weighted by molar-refractivity contribution is -0.132. The van der Waals surface area contributed by atoms with E-state index in [-0.39, 0.29) is 17.1 Å². The van der Waals surface area contributed by atoms with Gasteiger partial charge in [0.2, 0.25) is 5.90 Å². The molecule has 0 N–H and O–H groups in total. The van der Waals surface area contributed by atoms with Crippen LogP contribution in [0.1, 0.15) is 46.6 Å². The lowest BCUT2D eigenvalue weighted by Crippen LogP contribution is -2.08. The van der Waals surface area contributed by atoms with E-state index < -0.39 is 5.97 Å². The molecule has 0 atom stereocenters. The van der Waals surface area contributed by atoms with Gasteiger partial charge < -0.3 is 9.47 Å². The summed E-state index contributed by atoms with van der Waals surface area (Å²) in [4.78, 5) is 27.6. The summed E-state index contributed by atoms with van der Waals surface area (Å²) in [6.07, 6.45) is 8.04. The first-order valence-electron chi connectivity index (χ1n) is 9.49. The van der Waals surface area contributed by atoms with Crippen LogP contribution in [0.15, 0.2) is 70.9 Å². The van der Waals surface area contributed by atoms with Crippen LogP contribution >= 0.6 is 0 Å². The predicted octanol–water partition coefficient (Wildman–Crippen LogP) is 5.40. The van der Waals surface area contributed by atoms with Crippen molar-refractivity contribution in [3.05, 3.63) is 71.5 Å². The van der Waals surface area contributed by atoms with E-state index in [9.17, 15) is 9.59 Å². The van der Waals surface area contributed by atoms with E-state index >= 15 is 0 Å². The number of carbonyl (C=O) groups excluding carboxylic acids is 2. The van der Waals surface area contributed by atoms with Crippen molar-refractivity contribution in [2.75, 3.05) is 0 Å². The Morgan fingerprint density at radius 2 is 1.86 bits per heavy atom. The highest BCUT2D eigenvalue weighted by atomic mass is 16.6. The van der Waals surface area contributed by atoms with E-state index in [0.29, 0.717) is 18.1 Å². The molecule has 0 aromatic heterocycles. The molecule has 29 heavy (non-hydrogen) atoms. The summed E-state index contributed by atoms with van der Waals surface area (Å²) in [6, 6.07) is 6.80. The van der Waals surface area contributed by atoms with E-state index in [1.54, 1.807) is 30.3 Å². The molecule has 0 saturated heterocycles. The van der Waals surface area contributed by atoms with Crippen LogP contribution in [0.3, 0.4) is 0 Å². The summed E-state index contributed by atoms with van der Waals surface area (Å²) < 4.78 is 10.4. The summed E-state index contributed by atoms with van der Waals surface area (Å²) in [5.74, 6) is -0.123. The molecule has 152 valence electrons. The first-order valence-corrected chi connectivity index (χ1v) is 9.49. The zero-order valence-electron chi connectivity index (χ0n) is 17.6. The molecule has 0 unspecified atom stereocenters. The fourth-order valence-electron chi connectivity index (χ4n) is 2.66. The van der Waals surface area contributed by atoms with Crippen molar-refractivity contribution in [3.8, 4) is 5.75 Å². The normalized spacial score (nSPS) is 16.5. The number of allylic oxidation sites excluding steroid dienone is 4. The molecule has 1 aromatic rings. The predicted molar refractivity (Wildman–Crippen MR) is 115 cm³/mol. The Morgan fingerprint density at radius 1 is 1.21 bits per heavy atom. The molecule has 0 radical (unpaired) electrons. The molecule has 2 rings (SSSR count). The van der Waals surface area contributed by atoms with Crippen LogP contribution in [0.2, 0.25) is 0 Å². The van der Waals surface area contributed by atoms with E-state index in [1.807, 2.05) is 25.2 Å². The Balaban J connectivity index is 2.28. The minimum Gasteiger partial charge on any atom is -0.427 e. The standard InChI is InChI=1S/C24H27NO4/c1-7-18(11-12-19(8-2)24(4,5)6)22-25-21(23(27)29-22)15-17-9-13-20(14-10-17)28-16(3)26/h8-15H,2,7H2,1,3-6H3/b18-11+,19-12+,21-15-. The van der Waals surface area contributed by atoms with Crippen LogP contribution in [-0.2, 0) is 14.3 Å². The largest absolute Gasteiger partial charge is 0.427 e. The van der Waals surface area contributed by atoms with Crippen LogP contribution in [-0.4, -0.2) is 17.8 Å². The summed E-state index contributed by atoms with van der Waals surface area (Å²) in [5, 5.41) is 0. The summed E-state index contributed by atoms with van der Waals surface area (Å²) in [7, 11) is 0. The molecule has 0 spiro atoms. The van der Waals surface area contributed by atoms with Gasteiger partial charge in [-0.3, -0.25) is 4.79 Å². The number of aliphatic imine (C=N–C) groups is 1. The molecule has 1 aliphatic rings. The third-order valence-electron chi connectivity index (χ3n) is 4.27. The molecule has 5 nitrogen and oxygen atoms in total. The van der Waals surface area contributed by atoms with Crippen molar-refractivity contribution in [2.24, 2.45) is 10.4 Å². The van der Waals surface area contributed by atoms with Crippen LogP contribution in [0.5, 0.6) is 5.75 Å². The average molecular weight is 393 g/mol. The quantitative estimate of drug-likeness (QED) is 0.281. The van der Waals surface area contributed by atoms with Crippen molar-refractivity contribution < 1.29 is 19.1 Å². The maximum Gasteiger partial charge on any atom is 0.363 e. The number of rotatable bonds is 6. The van der Waals surface area contributed by atoms with Gasteiger partial charge in [-0.1, -0.05) is 64.6 Å². The van der Waals surface area contributed by atoms with Crippen LogP contribution in [0.4, 0.5) is 0 Å². The first-order chi connectivity index (χ1) is 13.6. The Morgan fingerprint density at radius 3 is 2.38 bits per heavy atom. The molecule has 0 fully saturated rings. The summed E-state index contributed by atoms with van der Waals surface area (Å²) in [5.41, 5.74) is 2.85. The molecule has 1 aromatic carbocycles. The van der Waals surface area contributed by atoms with E-state index in [0.717, 1.165) is 16.7 Å². The van der Waals surface area contributed by atoms with Gasteiger partial charge in [-0.2, -0.15) is 0 Å². The lowest BCUT2D eigenvalue weighted by Gasteiger charge is -2.19. The van der Waals surface area contributed by atoms with Gasteiger partial charge in [0.15, 0.2) is 5.70 Å². The topological polar surface area (TPSA) is 65.0 Å². The number of ether oxygens (including phenoxy) is 2. The van der Waals surface area contributed by atoms with Gasteiger partial charge in [0.05, 0.1) is 0 Å². The number of benzene rings is 1. The third kappa shape index (κ3) is 6.14. The van der Waals surface area contributed by atoms with Gasteiger partial charge in [0, 0.05) is 12.5 Å². The molecule has 0 amide bonds. The van der Waals surface area contributed by atoms with E-state index in [1.165, 1.54) is 6.92 Å². The number of hydrogen-bond acceptors (Lipinski definition) is 5. The molecule has 1 heterocycles. The molecule has 1 aliphatic heterocycles. The number of hydrogen-bond donors (Lipinski definition) is 0. The van der Waals surface area contributed by atoms with E-state index in [2.05, 4.69) is 32.3 Å². The van der Waals surface area contributed by atoms with Crippen molar-refractivity contribution in [3.63, 3.8) is 0 Å². The van der Waals surface area contributed by atoms with Gasteiger partial charge in [-0.05, 0) is 41.2 Å². The number of esters is 2. The maximum atomic E-state index is 12.2. The fraction of sp³-hybridized carbons (Fsp3) is 0.292. The second-order valence-electron chi connectivity index (χ2n) is 7.62. The molecule has 0 bridgehead atoms. The Hall–Kier alpha value is -3.21. The van der Waals surface area contributed by atoms with Crippen molar-refractivity contribution in [1.29, 1.82) is 0 Å². The second-order valence-corrected chi connectivity index (χ2v) is 7.62. The molecule has 0 aliphatic carbocycles. The monoisotopic (exact) mass is 393 g/mol. The highest BCUT2D eigenvalue weighted by Crippen LogP contribution is 2.27. The van der Waals surface area contributed by atoms with Crippen LogP contribution < -0.4 is 4.74 Å². The van der Waals surface area contributed by atoms with Gasteiger partial charge >= 0.3 is 11.9 Å². The van der Waals surface area contributed by atoms with Crippen molar-refractivity contribution in [2.45, 2.75) is 41.0 Å². The van der Waals surface area contributed by atoms with Gasteiger partial charge in [0.25, 0.3) is 0 Å². The van der Waals surface area contributed by atoms with Gasteiger partial charge in [-0.15, -0.1) is 0 Å².